The van der Waals surface area contributed by atoms with Crippen molar-refractivity contribution < 1.29 is 14.6 Å². The first kappa shape index (κ1) is 16.9. The molecule has 1 aromatic rings. The molecule has 2 unspecified atom stereocenters. The van der Waals surface area contributed by atoms with E-state index in [2.05, 4.69) is 19.6 Å². The second-order valence-corrected chi connectivity index (χ2v) is 11.7. The van der Waals surface area contributed by atoms with Crippen LogP contribution in [0.4, 0.5) is 0 Å². The molecule has 0 amide bonds. The molecule has 3 nitrogen and oxygen atoms in total. The number of hydrogen-bond acceptors (Lipinski definition) is 3. The molecule has 112 valence electrons. The van der Waals surface area contributed by atoms with E-state index >= 15 is 0 Å². The lowest BCUT2D eigenvalue weighted by Gasteiger charge is -2.25. The van der Waals surface area contributed by atoms with Crippen LogP contribution in [0.5, 0.6) is 5.75 Å². The molecule has 0 aromatic heterocycles. The van der Waals surface area contributed by atoms with Gasteiger partial charge in [0.15, 0.2) is 0 Å². The first-order valence-electron chi connectivity index (χ1n) is 7.04. The Morgan fingerprint density at radius 3 is 2.25 bits per heavy atom. The lowest BCUT2D eigenvalue weighted by Crippen LogP contribution is -2.39. The summed E-state index contributed by atoms with van der Waals surface area (Å²) >= 11 is 0. The van der Waals surface area contributed by atoms with Gasteiger partial charge in [-0.2, -0.15) is 0 Å². The van der Waals surface area contributed by atoms with Crippen LogP contribution in [-0.4, -0.2) is 26.6 Å². The molecule has 20 heavy (non-hydrogen) atoms. The number of benzene rings is 1. The van der Waals surface area contributed by atoms with E-state index in [1.807, 2.05) is 32.0 Å². The van der Waals surface area contributed by atoms with Crippen LogP contribution in [0.25, 0.3) is 0 Å². The molecule has 1 aromatic carbocycles. The zero-order valence-corrected chi connectivity index (χ0v) is 14.3. The fourth-order valence-corrected chi connectivity index (χ4v) is 3.84. The Balaban J connectivity index is 3.24. The smallest absolute Gasteiger partial charge is 0.126 e. The van der Waals surface area contributed by atoms with Gasteiger partial charge in [0.2, 0.25) is 0 Å². The Kier molecular flexibility index (Phi) is 5.54. The molecular formula is C16H26O3Si. The summed E-state index contributed by atoms with van der Waals surface area (Å²) in [5, 5.41) is 11.6. The third-order valence-corrected chi connectivity index (χ3v) is 5.67. The van der Waals surface area contributed by atoms with Crippen molar-refractivity contribution in [3.63, 3.8) is 0 Å². The summed E-state index contributed by atoms with van der Waals surface area (Å²) in [5.74, 6) is 0.602. The second kappa shape index (κ2) is 6.55. The third kappa shape index (κ3) is 3.70. The highest BCUT2D eigenvalue weighted by molar-refractivity contribution is 6.89. The molecule has 0 spiro atoms. The molecule has 2 atom stereocenters. The van der Waals surface area contributed by atoms with Gasteiger partial charge in [-0.15, -0.1) is 0 Å². The molecule has 0 radical (unpaired) electrons. The van der Waals surface area contributed by atoms with Crippen LogP contribution in [0, 0.1) is 11.8 Å². The van der Waals surface area contributed by atoms with Crippen molar-refractivity contribution in [2.24, 2.45) is 11.8 Å². The molecule has 0 aliphatic rings. The van der Waals surface area contributed by atoms with Gasteiger partial charge in [0.1, 0.15) is 12.0 Å². The van der Waals surface area contributed by atoms with E-state index in [-0.39, 0.29) is 11.8 Å². The summed E-state index contributed by atoms with van der Waals surface area (Å²) in [5.41, 5.74) is 0.800. The van der Waals surface area contributed by atoms with E-state index in [1.54, 1.807) is 7.11 Å². The zero-order chi connectivity index (χ0) is 15.5. The van der Waals surface area contributed by atoms with Gasteiger partial charge in [0.25, 0.3) is 0 Å². The number of ether oxygens (including phenoxy) is 1. The summed E-state index contributed by atoms with van der Waals surface area (Å²) in [6.07, 6.45) is 0.0989. The number of methoxy groups -OCH3 is 1. The summed E-state index contributed by atoms with van der Waals surface area (Å²) in [6.45, 7) is 10.6. The maximum Gasteiger partial charge on any atom is 0.126 e. The molecule has 0 bridgehead atoms. The van der Waals surface area contributed by atoms with Crippen LogP contribution < -0.4 is 9.92 Å². The van der Waals surface area contributed by atoms with Crippen molar-refractivity contribution in [2.75, 3.05) is 7.11 Å². The van der Waals surface area contributed by atoms with E-state index in [9.17, 15) is 9.90 Å². The molecule has 0 heterocycles. The first-order chi connectivity index (χ1) is 9.22. The van der Waals surface area contributed by atoms with Gasteiger partial charge in [0.05, 0.1) is 21.3 Å². The molecule has 0 fully saturated rings. The minimum absolute atomic E-state index is 0.111. The molecule has 1 rings (SSSR count). The normalized spacial score (nSPS) is 15.0. The predicted molar refractivity (Wildman–Crippen MR) is 85.3 cm³/mol. The highest BCUT2D eigenvalue weighted by atomic mass is 28.3. The maximum atomic E-state index is 11.2. The van der Waals surface area contributed by atoms with Crippen molar-refractivity contribution in [3.05, 3.63) is 23.8 Å². The molecule has 0 aliphatic heterocycles. The van der Waals surface area contributed by atoms with Gasteiger partial charge in [-0.25, -0.2) is 0 Å². The van der Waals surface area contributed by atoms with Crippen molar-refractivity contribution >= 4 is 19.5 Å². The Labute approximate surface area is 123 Å². The fourth-order valence-electron chi connectivity index (χ4n) is 2.31. The van der Waals surface area contributed by atoms with Gasteiger partial charge < -0.3 is 14.6 Å². The van der Waals surface area contributed by atoms with Gasteiger partial charge in [-0.05, 0) is 22.7 Å². The summed E-state index contributed by atoms with van der Waals surface area (Å²) in [6, 6.07) is 5.76. The molecule has 4 heteroatoms. The number of aliphatic hydroxyl groups excluding tert-OH is 1. The Morgan fingerprint density at radius 1 is 1.25 bits per heavy atom. The van der Waals surface area contributed by atoms with E-state index in [0.717, 1.165) is 17.6 Å². The Bertz CT molecular complexity index is 463. The van der Waals surface area contributed by atoms with Crippen LogP contribution in [-0.2, 0) is 4.79 Å². The summed E-state index contributed by atoms with van der Waals surface area (Å²) < 4.78 is 5.42. The van der Waals surface area contributed by atoms with E-state index in [4.69, 9.17) is 4.74 Å². The number of carbonyl (C=O) groups is 1. The minimum atomic E-state index is -1.57. The number of aliphatic hydroxyl groups is 1. The quantitative estimate of drug-likeness (QED) is 0.648. The van der Waals surface area contributed by atoms with E-state index in [1.165, 1.54) is 5.19 Å². The molecule has 0 saturated heterocycles. The average Bonchev–Trinajstić information content (AvgIpc) is 2.37. The van der Waals surface area contributed by atoms with Gasteiger partial charge >= 0.3 is 0 Å². The van der Waals surface area contributed by atoms with Crippen molar-refractivity contribution in [1.82, 2.24) is 0 Å². The van der Waals surface area contributed by atoms with Gasteiger partial charge in [-0.1, -0.05) is 45.6 Å². The molecule has 0 aliphatic carbocycles. The molecule has 1 N–H and O–H groups in total. The number of carbonyl (C=O) groups excluding carboxylic acids is 1. The lowest BCUT2D eigenvalue weighted by molar-refractivity contribution is -0.116. The Hall–Kier alpha value is -1.13. The largest absolute Gasteiger partial charge is 0.497 e. The average molecular weight is 294 g/mol. The van der Waals surface area contributed by atoms with Gasteiger partial charge in [0, 0.05) is 5.92 Å². The van der Waals surface area contributed by atoms with Gasteiger partial charge in [-0.3, -0.25) is 0 Å². The summed E-state index contributed by atoms with van der Waals surface area (Å²) in [4.78, 5) is 11.2. The monoisotopic (exact) mass is 294 g/mol. The van der Waals surface area contributed by atoms with Crippen LogP contribution in [0.1, 0.15) is 25.5 Å². The summed E-state index contributed by atoms with van der Waals surface area (Å²) in [7, 11) is 0.0914. The number of hydrogen-bond donors (Lipinski definition) is 1. The minimum Gasteiger partial charge on any atom is -0.497 e. The standard InChI is InChI=1S/C16H26O3Si/c1-11(2)13(10-17)16(18)12-7-8-14(19-3)15(9-12)20(4,5)6/h7-11,13,16,18H,1-6H3. The predicted octanol–water partition coefficient (Wildman–Crippen LogP) is 2.74. The topological polar surface area (TPSA) is 46.5 Å². The second-order valence-electron chi connectivity index (χ2n) is 6.61. The Morgan fingerprint density at radius 2 is 1.85 bits per heavy atom. The SMILES string of the molecule is COc1ccc(C(O)C(C=O)C(C)C)cc1[Si](C)(C)C. The first-order valence-corrected chi connectivity index (χ1v) is 10.5. The number of aldehydes is 1. The van der Waals surface area contributed by atoms with Crippen molar-refractivity contribution in [3.8, 4) is 5.75 Å². The highest BCUT2D eigenvalue weighted by Crippen LogP contribution is 2.28. The molecule has 0 saturated carbocycles. The van der Waals surface area contributed by atoms with E-state index < -0.39 is 14.2 Å². The van der Waals surface area contributed by atoms with Crippen molar-refractivity contribution in [1.29, 1.82) is 0 Å². The van der Waals surface area contributed by atoms with Crippen LogP contribution in [0.2, 0.25) is 19.6 Å². The van der Waals surface area contributed by atoms with Crippen LogP contribution in [0.3, 0.4) is 0 Å². The fraction of sp³-hybridized carbons (Fsp3) is 0.562. The molecular weight excluding hydrogens is 268 g/mol. The highest BCUT2D eigenvalue weighted by Gasteiger charge is 2.27. The van der Waals surface area contributed by atoms with E-state index in [0.29, 0.717) is 0 Å². The van der Waals surface area contributed by atoms with Crippen LogP contribution in [0.15, 0.2) is 18.2 Å². The zero-order valence-electron chi connectivity index (χ0n) is 13.3. The van der Waals surface area contributed by atoms with Crippen molar-refractivity contribution in [2.45, 2.75) is 39.6 Å². The van der Waals surface area contributed by atoms with Crippen LogP contribution >= 0.6 is 0 Å². The maximum absolute atomic E-state index is 11.2. The lowest BCUT2D eigenvalue weighted by atomic mass is 9.88. The third-order valence-electron chi connectivity index (χ3n) is 3.66. The number of rotatable bonds is 6.